The van der Waals surface area contributed by atoms with E-state index in [-0.39, 0.29) is 30.9 Å². The van der Waals surface area contributed by atoms with Crippen molar-refractivity contribution in [2.45, 2.75) is 32.7 Å². The van der Waals surface area contributed by atoms with E-state index < -0.39 is 5.97 Å². The van der Waals surface area contributed by atoms with Crippen molar-refractivity contribution >= 4 is 17.9 Å². The van der Waals surface area contributed by atoms with E-state index in [1.54, 1.807) is 0 Å². The Morgan fingerprint density at radius 2 is 1.89 bits per heavy atom. The van der Waals surface area contributed by atoms with Gasteiger partial charge < -0.3 is 20.6 Å². The van der Waals surface area contributed by atoms with Gasteiger partial charge in [-0.3, -0.25) is 9.59 Å². The lowest BCUT2D eigenvalue weighted by Gasteiger charge is -2.26. The minimum absolute atomic E-state index is 0.0198. The van der Waals surface area contributed by atoms with Crippen LogP contribution in [0.2, 0.25) is 0 Å². The molecule has 104 valence electrons. The van der Waals surface area contributed by atoms with Crippen LogP contribution in [0.4, 0.5) is 4.79 Å². The van der Waals surface area contributed by atoms with Crippen LogP contribution in [0.25, 0.3) is 0 Å². The quantitative estimate of drug-likeness (QED) is 0.600. The summed E-state index contributed by atoms with van der Waals surface area (Å²) in [6.07, 6.45) is 0.410. The van der Waals surface area contributed by atoms with Crippen LogP contribution in [0.15, 0.2) is 0 Å². The molecule has 0 saturated heterocycles. The van der Waals surface area contributed by atoms with Crippen molar-refractivity contribution in [2.24, 2.45) is 0 Å². The number of aliphatic carboxylic acids is 1. The number of likely N-dealkylation sites (N-methyl/N-ethyl adjacent to an activating group) is 1. The Morgan fingerprint density at radius 1 is 1.28 bits per heavy atom. The number of urea groups is 1. The van der Waals surface area contributed by atoms with Gasteiger partial charge in [-0.25, -0.2) is 4.79 Å². The number of carboxylic acid groups (broad SMARTS) is 1. The highest BCUT2D eigenvalue weighted by Crippen LogP contribution is 2.02. The van der Waals surface area contributed by atoms with Gasteiger partial charge in [0.15, 0.2) is 0 Å². The van der Waals surface area contributed by atoms with Crippen LogP contribution in [0.1, 0.15) is 26.7 Å². The Morgan fingerprint density at radius 3 is 2.33 bits per heavy atom. The SMILES string of the molecule is CNC(=O)CNC(=O)N(CCCC(=O)O)C(C)C. The van der Waals surface area contributed by atoms with Crippen LogP contribution in [-0.4, -0.2) is 54.1 Å². The minimum Gasteiger partial charge on any atom is -0.481 e. The van der Waals surface area contributed by atoms with E-state index in [0.717, 1.165) is 0 Å². The van der Waals surface area contributed by atoms with Crippen LogP contribution in [0, 0.1) is 0 Å². The molecule has 0 bridgehead atoms. The highest BCUT2D eigenvalue weighted by atomic mass is 16.4. The van der Waals surface area contributed by atoms with E-state index in [1.165, 1.54) is 11.9 Å². The zero-order valence-electron chi connectivity index (χ0n) is 11.0. The zero-order valence-corrected chi connectivity index (χ0v) is 11.0. The summed E-state index contributed by atoms with van der Waals surface area (Å²) in [4.78, 5) is 34.7. The average Bonchev–Trinajstić information content (AvgIpc) is 2.30. The summed E-state index contributed by atoms with van der Waals surface area (Å²) in [7, 11) is 1.49. The van der Waals surface area contributed by atoms with Crippen LogP contribution in [0.3, 0.4) is 0 Å². The second-order valence-electron chi connectivity index (χ2n) is 4.12. The van der Waals surface area contributed by atoms with Crippen molar-refractivity contribution < 1.29 is 19.5 Å². The van der Waals surface area contributed by atoms with Gasteiger partial charge in [-0.1, -0.05) is 0 Å². The van der Waals surface area contributed by atoms with Crippen molar-refractivity contribution in [3.05, 3.63) is 0 Å². The molecule has 7 heteroatoms. The summed E-state index contributed by atoms with van der Waals surface area (Å²) in [5, 5.41) is 13.4. The number of rotatable bonds is 7. The largest absolute Gasteiger partial charge is 0.481 e. The minimum atomic E-state index is -0.885. The topological polar surface area (TPSA) is 98.7 Å². The molecule has 0 unspecified atom stereocenters. The molecule has 0 aliphatic carbocycles. The molecule has 3 amide bonds. The van der Waals surface area contributed by atoms with E-state index in [9.17, 15) is 14.4 Å². The molecule has 0 spiro atoms. The number of carbonyl (C=O) groups is 3. The third-order valence-corrected chi connectivity index (χ3v) is 2.35. The van der Waals surface area contributed by atoms with Crippen LogP contribution in [0.5, 0.6) is 0 Å². The Hall–Kier alpha value is -1.79. The van der Waals surface area contributed by atoms with Crippen molar-refractivity contribution in [2.75, 3.05) is 20.1 Å². The fourth-order valence-corrected chi connectivity index (χ4v) is 1.34. The van der Waals surface area contributed by atoms with Crippen LogP contribution >= 0.6 is 0 Å². The summed E-state index contributed by atoms with van der Waals surface area (Å²) in [5.74, 6) is -1.16. The average molecular weight is 259 g/mol. The van der Waals surface area contributed by atoms with E-state index in [0.29, 0.717) is 13.0 Å². The summed E-state index contributed by atoms with van der Waals surface area (Å²) in [6, 6.07) is -0.414. The van der Waals surface area contributed by atoms with Crippen LogP contribution in [-0.2, 0) is 9.59 Å². The standard InChI is InChI=1S/C11H21N3O4/c1-8(2)14(6-4-5-10(16)17)11(18)13-7-9(15)12-3/h8H,4-7H2,1-3H3,(H,12,15)(H,13,18)(H,16,17). The summed E-state index contributed by atoms with van der Waals surface area (Å²) in [6.45, 7) is 3.93. The van der Waals surface area contributed by atoms with Crippen molar-refractivity contribution in [3.63, 3.8) is 0 Å². The molecule has 0 atom stereocenters. The maximum atomic E-state index is 11.8. The lowest BCUT2D eigenvalue weighted by molar-refractivity contribution is -0.137. The van der Waals surface area contributed by atoms with Gasteiger partial charge >= 0.3 is 12.0 Å². The van der Waals surface area contributed by atoms with Gasteiger partial charge in [0.25, 0.3) is 0 Å². The molecule has 0 aliphatic rings. The molecule has 0 aliphatic heterocycles. The number of hydrogen-bond acceptors (Lipinski definition) is 3. The summed E-state index contributed by atoms with van der Waals surface area (Å²) < 4.78 is 0. The van der Waals surface area contributed by atoms with Crippen molar-refractivity contribution in [1.82, 2.24) is 15.5 Å². The molecular formula is C11H21N3O4. The predicted molar refractivity (Wildman–Crippen MR) is 66.2 cm³/mol. The molecular weight excluding hydrogens is 238 g/mol. The molecule has 0 rings (SSSR count). The predicted octanol–water partition coefficient (Wildman–Crippen LogP) is 0.0172. The second kappa shape index (κ2) is 8.32. The van der Waals surface area contributed by atoms with E-state index in [4.69, 9.17) is 5.11 Å². The molecule has 18 heavy (non-hydrogen) atoms. The molecule has 0 aromatic rings. The highest BCUT2D eigenvalue weighted by molar-refractivity contribution is 5.83. The first-order valence-corrected chi connectivity index (χ1v) is 5.85. The Bertz CT molecular complexity index is 305. The zero-order chi connectivity index (χ0) is 14.1. The lowest BCUT2D eigenvalue weighted by atomic mass is 10.2. The second-order valence-corrected chi connectivity index (χ2v) is 4.12. The fraction of sp³-hybridized carbons (Fsp3) is 0.727. The van der Waals surface area contributed by atoms with Crippen LogP contribution < -0.4 is 10.6 Å². The molecule has 7 nitrogen and oxygen atoms in total. The maximum Gasteiger partial charge on any atom is 0.318 e. The van der Waals surface area contributed by atoms with Gasteiger partial charge in [0.1, 0.15) is 0 Å². The number of carboxylic acids is 1. The first-order chi connectivity index (χ1) is 8.38. The summed E-state index contributed by atoms with van der Waals surface area (Å²) >= 11 is 0. The van der Waals surface area contributed by atoms with Gasteiger partial charge in [0, 0.05) is 26.1 Å². The van der Waals surface area contributed by atoms with Gasteiger partial charge in [-0.05, 0) is 20.3 Å². The fourth-order valence-electron chi connectivity index (χ4n) is 1.34. The van der Waals surface area contributed by atoms with Crippen molar-refractivity contribution in [3.8, 4) is 0 Å². The van der Waals surface area contributed by atoms with Gasteiger partial charge in [0.2, 0.25) is 5.91 Å². The monoisotopic (exact) mass is 259 g/mol. The number of amides is 3. The van der Waals surface area contributed by atoms with Gasteiger partial charge in [-0.15, -0.1) is 0 Å². The van der Waals surface area contributed by atoms with E-state index in [2.05, 4.69) is 10.6 Å². The third kappa shape index (κ3) is 6.72. The first-order valence-electron chi connectivity index (χ1n) is 5.85. The Balaban J connectivity index is 4.19. The normalized spacial score (nSPS) is 10.0. The van der Waals surface area contributed by atoms with E-state index >= 15 is 0 Å². The molecule has 0 aromatic heterocycles. The van der Waals surface area contributed by atoms with Gasteiger partial charge in [0.05, 0.1) is 6.54 Å². The number of carbonyl (C=O) groups excluding carboxylic acids is 2. The number of hydrogen-bond donors (Lipinski definition) is 3. The third-order valence-electron chi connectivity index (χ3n) is 2.35. The molecule has 0 radical (unpaired) electrons. The van der Waals surface area contributed by atoms with Gasteiger partial charge in [-0.2, -0.15) is 0 Å². The Labute approximate surface area is 107 Å². The molecule has 0 fully saturated rings. The molecule has 3 N–H and O–H groups in total. The Kier molecular flexibility index (Phi) is 7.50. The number of nitrogens with one attached hydrogen (secondary N) is 2. The first kappa shape index (κ1) is 16.2. The molecule has 0 aromatic carbocycles. The van der Waals surface area contributed by atoms with E-state index in [1.807, 2.05) is 13.8 Å². The molecule has 0 heterocycles. The smallest absolute Gasteiger partial charge is 0.318 e. The molecule has 0 saturated carbocycles. The lowest BCUT2D eigenvalue weighted by Crippen LogP contribution is -2.47. The number of nitrogens with zero attached hydrogens (tertiary/aromatic N) is 1. The van der Waals surface area contributed by atoms with Crippen molar-refractivity contribution in [1.29, 1.82) is 0 Å². The summed E-state index contributed by atoms with van der Waals surface area (Å²) in [5.41, 5.74) is 0. The highest BCUT2D eigenvalue weighted by Gasteiger charge is 2.17. The maximum absolute atomic E-state index is 11.8.